The van der Waals surface area contributed by atoms with E-state index in [1.54, 1.807) is 7.11 Å². The topological polar surface area (TPSA) is 47.7 Å². The van der Waals surface area contributed by atoms with E-state index in [1.807, 2.05) is 24.3 Å². The Balaban J connectivity index is 1.79. The molecule has 1 heterocycles. The first kappa shape index (κ1) is 15.1. The number of hydrogen-bond donors (Lipinski definition) is 1. The molecular weight excluding hydrogens is 252 g/mol. The first-order valence-electron chi connectivity index (χ1n) is 7.45. The van der Waals surface area contributed by atoms with Gasteiger partial charge < -0.3 is 15.2 Å². The molecule has 0 aliphatic carbocycles. The van der Waals surface area contributed by atoms with Crippen molar-refractivity contribution in [3.63, 3.8) is 0 Å². The Morgan fingerprint density at radius 3 is 2.60 bits per heavy atom. The summed E-state index contributed by atoms with van der Waals surface area (Å²) in [5.74, 6) is 2.43. The zero-order valence-corrected chi connectivity index (χ0v) is 12.5. The van der Waals surface area contributed by atoms with Gasteiger partial charge in [-0.25, -0.2) is 0 Å². The predicted octanol–water partition coefficient (Wildman–Crippen LogP) is 2.13. The minimum atomic E-state index is 0.503. The normalized spacial score (nSPS) is 23.6. The van der Waals surface area contributed by atoms with Crippen molar-refractivity contribution in [1.82, 2.24) is 4.90 Å². The summed E-state index contributed by atoms with van der Waals surface area (Å²) in [6, 6.07) is 8.22. The molecule has 1 saturated heterocycles. The molecule has 20 heavy (non-hydrogen) atoms. The van der Waals surface area contributed by atoms with Crippen LogP contribution >= 0.6 is 0 Å². The van der Waals surface area contributed by atoms with Crippen LogP contribution < -0.4 is 15.2 Å². The maximum atomic E-state index is 5.90. The molecule has 1 fully saturated rings. The van der Waals surface area contributed by atoms with Gasteiger partial charge in [-0.15, -0.1) is 0 Å². The third-order valence-corrected chi connectivity index (χ3v) is 4.18. The number of piperidine rings is 1. The van der Waals surface area contributed by atoms with E-state index in [2.05, 4.69) is 11.8 Å². The monoisotopic (exact) mass is 278 g/mol. The Labute approximate surface area is 121 Å². The first-order valence-corrected chi connectivity index (χ1v) is 7.45. The molecule has 1 aromatic carbocycles. The second-order valence-corrected chi connectivity index (χ2v) is 5.48. The predicted molar refractivity (Wildman–Crippen MR) is 81.3 cm³/mol. The van der Waals surface area contributed by atoms with Gasteiger partial charge in [0, 0.05) is 19.1 Å². The zero-order valence-electron chi connectivity index (χ0n) is 12.5. The number of likely N-dealkylation sites (tertiary alicyclic amines) is 1. The number of hydrogen-bond acceptors (Lipinski definition) is 4. The van der Waals surface area contributed by atoms with E-state index < -0.39 is 0 Å². The van der Waals surface area contributed by atoms with Crippen molar-refractivity contribution in [2.45, 2.75) is 25.8 Å². The van der Waals surface area contributed by atoms with Crippen LogP contribution in [0.3, 0.4) is 0 Å². The van der Waals surface area contributed by atoms with Crippen molar-refractivity contribution < 1.29 is 9.47 Å². The third-order valence-electron chi connectivity index (χ3n) is 4.18. The number of methoxy groups -OCH3 is 1. The summed E-state index contributed by atoms with van der Waals surface area (Å²) in [4.78, 5) is 2.47. The van der Waals surface area contributed by atoms with Gasteiger partial charge in [0.2, 0.25) is 0 Å². The van der Waals surface area contributed by atoms with Gasteiger partial charge >= 0.3 is 0 Å². The van der Waals surface area contributed by atoms with Crippen molar-refractivity contribution in [2.75, 3.05) is 33.4 Å². The van der Waals surface area contributed by atoms with E-state index in [4.69, 9.17) is 15.2 Å². The average Bonchev–Trinajstić information content (AvgIpc) is 2.48. The first-order chi connectivity index (χ1) is 9.74. The highest BCUT2D eigenvalue weighted by molar-refractivity contribution is 5.31. The van der Waals surface area contributed by atoms with Crippen LogP contribution in [0.5, 0.6) is 11.5 Å². The van der Waals surface area contributed by atoms with E-state index in [0.29, 0.717) is 18.6 Å². The highest BCUT2D eigenvalue weighted by atomic mass is 16.5. The van der Waals surface area contributed by atoms with Crippen LogP contribution in [-0.2, 0) is 0 Å². The van der Waals surface area contributed by atoms with Crippen molar-refractivity contribution in [1.29, 1.82) is 0 Å². The molecule has 0 amide bonds. The summed E-state index contributed by atoms with van der Waals surface area (Å²) in [7, 11) is 1.67. The molecule has 1 aliphatic heterocycles. The Kier molecular flexibility index (Phi) is 5.68. The molecule has 2 N–H and O–H groups in total. The van der Waals surface area contributed by atoms with E-state index in [1.165, 1.54) is 12.8 Å². The van der Waals surface area contributed by atoms with E-state index in [0.717, 1.165) is 31.1 Å². The summed E-state index contributed by atoms with van der Waals surface area (Å²) in [5, 5.41) is 0. The number of benzene rings is 1. The van der Waals surface area contributed by atoms with Crippen molar-refractivity contribution in [2.24, 2.45) is 11.7 Å². The summed E-state index contributed by atoms with van der Waals surface area (Å²) in [5.41, 5.74) is 5.90. The van der Waals surface area contributed by atoms with Crippen LogP contribution in [0.1, 0.15) is 19.8 Å². The van der Waals surface area contributed by atoms with Crippen LogP contribution in [0.2, 0.25) is 0 Å². The zero-order chi connectivity index (χ0) is 14.4. The lowest BCUT2D eigenvalue weighted by molar-refractivity contribution is 0.0895. The van der Waals surface area contributed by atoms with Gasteiger partial charge in [0.05, 0.1) is 7.11 Å². The summed E-state index contributed by atoms with van der Waals surface area (Å²) >= 11 is 0. The van der Waals surface area contributed by atoms with E-state index in [-0.39, 0.29) is 0 Å². The molecule has 0 spiro atoms. The van der Waals surface area contributed by atoms with Gasteiger partial charge in [0.15, 0.2) is 0 Å². The molecule has 2 unspecified atom stereocenters. The van der Waals surface area contributed by atoms with Gasteiger partial charge in [-0.1, -0.05) is 6.92 Å². The molecule has 0 bridgehead atoms. The standard InChI is InChI=1S/C16H26N2O2/c1-13-4-3-9-18(16(13)12-17)10-11-20-15-7-5-14(19-2)6-8-15/h5-8,13,16H,3-4,9-12,17H2,1-2H3. The molecule has 112 valence electrons. The largest absolute Gasteiger partial charge is 0.497 e. The Morgan fingerprint density at radius 1 is 1.25 bits per heavy atom. The Bertz CT molecular complexity index is 394. The quantitative estimate of drug-likeness (QED) is 0.866. The molecule has 4 nitrogen and oxygen atoms in total. The lowest BCUT2D eigenvalue weighted by Crippen LogP contribution is -2.49. The number of rotatable bonds is 6. The second kappa shape index (κ2) is 7.50. The molecule has 0 radical (unpaired) electrons. The highest BCUT2D eigenvalue weighted by Gasteiger charge is 2.26. The maximum absolute atomic E-state index is 5.90. The lowest BCUT2D eigenvalue weighted by Gasteiger charge is -2.39. The molecular formula is C16H26N2O2. The van der Waals surface area contributed by atoms with Gasteiger partial charge in [0.25, 0.3) is 0 Å². The molecule has 0 aromatic heterocycles. The van der Waals surface area contributed by atoms with Crippen LogP contribution in [0, 0.1) is 5.92 Å². The highest BCUT2D eigenvalue weighted by Crippen LogP contribution is 2.22. The van der Waals surface area contributed by atoms with Gasteiger partial charge in [-0.05, 0) is 49.6 Å². The fraction of sp³-hybridized carbons (Fsp3) is 0.625. The van der Waals surface area contributed by atoms with Crippen LogP contribution in [0.4, 0.5) is 0 Å². The molecule has 4 heteroatoms. The van der Waals surface area contributed by atoms with E-state index in [9.17, 15) is 0 Å². The van der Waals surface area contributed by atoms with Crippen molar-refractivity contribution in [3.05, 3.63) is 24.3 Å². The smallest absolute Gasteiger partial charge is 0.119 e. The molecule has 0 saturated carbocycles. The molecule has 2 atom stereocenters. The second-order valence-electron chi connectivity index (χ2n) is 5.48. The third kappa shape index (κ3) is 3.87. The Hall–Kier alpha value is -1.26. The number of nitrogens with zero attached hydrogens (tertiary/aromatic N) is 1. The number of nitrogens with two attached hydrogens (primary N) is 1. The minimum absolute atomic E-state index is 0.503. The summed E-state index contributed by atoms with van der Waals surface area (Å²) < 4.78 is 10.9. The van der Waals surface area contributed by atoms with Crippen molar-refractivity contribution in [3.8, 4) is 11.5 Å². The van der Waals surface area contributed by atoms with Crippen LogP contribution in [-0.4, -0.2) is 44.3 Å². The minimum Gasteiger partial charge on any atom is -0.497 e. The molecule has 1 aromatic rings. The summed E-state index contributed by atoms with van der Waals surface area (Å²) in [6.45, 7) is 5.82. The van der Waals surface area contributed by atoms with Gasteiger partial charge in [-0.2, -0.15) is 0 Å². The fourth-order valence-corrected chi connectivity index (χ4v) is 2.95. The fourth-order valence-electron chi connectivity index (χ4n) is 2.95. The molecule has 1 aliphatic rings. The van der Waals surface area contributed by atoms with Gasteiger partial charge in [0.1, 0.15) is 18.1 Å². The van der Waals surface area contributed by atoms with Crippen LogP contribution in [0.25, 0.3) is 0 Å². The van der Waals surface area contributed by atoms with Crippen molar-refractivity contribution >= 4 is 0 Å². The number of ether oxygens (including phenoxy) is 2. The van der Waals surface area contributed by atoms with Gasteiger partial charge in [-0.3, -0.25) is 4.90 Å². The average molecular weight is 278 g/mol. The SMILES string of the molecule is COc1ccc(OCCN2CCCC(C)C2CN)cc1. The lowest BCUT2D eigenvalue weighted by atomic mass is 9.91. The van der Waals surface area contributed by atoms with E-state index >= 15 is 0 Å². The summed E-state index contributed by atoms with van der Waals surface area (Å²) in [6.07, 6.45) is 2.55. The van der Waals surface area contributed by atoms with Crippen LogP contribution in [0.15, 0.2) is 24.3 Å². The Morgan fingerprint density at radius 2 is 1.95 bits per heavy atom. The molecule has 2 rings (SSSR count). The maximum Gasteiger partial charge on any atom is 0.119 e.